The Morgan fingerprint density at radius 2 is 1.93 bits per heavy atom. The number of aryl methyl sites for hydroxylation is 2. The van der Waals surface area contributed by atoms with Gasteiger partial charge in [0, 0.05) is 19.2 Å². The Labute approximate surface area is 169 Å². The van der Waals surface area contributed by atoms with Crippen LogP contribution in [-0.4, -0.2) is 29.4 Å². The molecule has 1 aliphatic rings. The predicted octanol–water partition coefficient (Wildman–Crippen LogP) is 2.80. The summed E-state index contributed by atoms with van der Waals surface area (Å²) in [5, 5.41) is 12.1. The molecule has 1 fully saturated rings. The maximum atomic E-state index is 14.4. The van der Waals surface area contributed by atoms with Crippen LogP contribution in [0.15, 0.2) is 29.1 Å². The number of anilines is 3. The highest BCUT2D eigenvalue weighted by molar-refractivity contribution is 7.94. The Hall–Kier alpha value is -2.39. The molecule has 2 aromatic rings. The van der Waals surface area contributed by atoms with Gasteiger partial charge in [0.25, 0.3) is 5.56 Å². The number of aromatic nitrogens is 1. The van der Waals surface area contributed by atoms with Crippen molar-refractivity contribution in [2.45, 2.75) is 44.3 Å². The van der Waals surface area contributed by atoms with Crippen molar-refractivity contribution < 1.29 is 17.9 Å². The Balaban J connectivity index is 2.08. The fourth-order valence-corrected chi connectivity index (χ4v) is 5.04. The highest BCUT2D eigenvalue weighted by Crippen LogP contribution is 2.47. The minimum absolute atomic E-state index is 0.131. The van der Waals surface area contributed by atoms with E-state index < -0.39 is 20.6 Å². The average Bonchev–Trinajstić information content (AvgIpc) is 3.44. The van der Waals surface area contributed by atoms with E-state index >= 15 is 0 Å². The van der Waals surface area contributed by atoms with Crippen molar-refractivity contribution in [2.24, 2.45) is 7.05 Å². The second kappa shape index (κ2) is 7.79. The number of hydrogen-bond donors (Lipinski definition) is 3. The Morgan fingerprint density at radius 1 is 1.24 bits per heavy atom. The summed E-state index contributed by atoms with van der Waals surface area (Å²) in [6.45, 7) is 3.33. The summed E-state index contributed by atoms with van der Waals surface area (Å²) in [5.41, 5.74) is 1.19. The van der Waals surface area contributed by atoms with Crippen LogP contribution >= 0.6 is 0 Å². The maximum Gasteiger partial charge on any atom is 0.255 e. The largest absolute Gasteiger partial charge is 0.396 e. The second-order valence-electron chi connectivity index (χ2n) is 7.52. The minimum atomic E-state index is -3.81. The molecule has 29 heavy (non-hydrogen) atoms. The summed E-state index contributed by atoms with van der Waals surface area (Å²) < 4.78 is 43.2. The lowest BCUT2D eigenvalue weighted by atomic mass is 10.2. The van der Waals surface area contributed by atoms with Gasteiger partial charge < -0.3 is 10.4 Å². The van der Waals surface area contributed by atoms with Crippen molar-refractivity contribution >= 4 is 27.2 Å². The van der Waals surface area contributed by atoms with Gasteiger partial charge in [0.2, 0.25) is 10.0 Å². The molecule has 1 heterocycles. The molecule has 0 spiro atoms. The Bertz CT molecular complexity index is 1090. The number of halogens is 1. The second-order valence-corrected chi connectivity index (χ2v) is 9.60. The van der Waals surface area contributed by atoms with Crippen LogP contribution in [0.1, 0.15) is 37.3 Å². The van der Waals surface area contributed by atoms with E-state index in [0.717, 1.165) is 5.56 Å². The number of hydrogen-bond acceptors (Lipinski definition) is 5. The van der Waals surface area contributed by atoms with Crippen LogP contribution < -0.4 is 15.6 Å². The molecule has 9 heteroatoms. The molecule has 1 aliphatic carbocycles. The van der Waals surface area contributed by atoms with Crippen LogP contribution in [-0.2, 0) is 23.5 Å². The van der Waals surface area contributed by atoms with Gasteiger partial charge in [-0.15, -0.1) is 0 Å². The average molecular weight is 424 g/mol. The highest BCUT2D eigenvalue weighted by atomic mass is 32.2. The van der Waals surface area contributed by atoms with Crippen molar-refractivity contribution in [3.63, 3.8) is 0 Å². The summed E-state index contributed by atoms with van der Waals surface area (Å²) in [4.78, 5) is 12.6. The van der Waals surface area contributed by atoms with E-state index in [9.17, 15) is 22.7 Å². The van der Waals surface area contributed by atoms with Crippen molar-refractivity contribution in [3.05, 3.63) is 51.6 Å². The molecule has 1 aromatic heterocycles. The zero-order chi connectivity index (χ0) is 21.4. The summed E-state index contributed by atoms with van der Waals surface area (Å²) in [6, 6.07) is 6.10. The third-order valence-electron chi connectivity index (χ3n) is 5.44. The van der Waals surface area contributed by atoms with Crippen molar-refractivity contribution in [2.75, 3.05) is 16.6 Å². The molecule has 0 saturated heterocycles. The molecule has 0 atom stereocenters. The van der Waals surface area contributed by atoms with Crippen LogP contribution in [0.25, 0.3) is 0 Å². The zero-order valence-electron chi connectivity index (χ0n) is 16.8. The standard InChI is InChI=1S/C20H26FN3O4S/c1-4-14-12-17(23-29(27,28)20(7-8-20)9-10-25)18(24(3)19(14)26)22-16-6-5-13(2)11-15(16)21/h5-6,11-12,22-23,25H,4,7-10H2,1-3H3. The summed E-state index contributed by atoms with van der Waals surface area (Å²) in [5.74, 6) is -0.358. The van der Waals surface area contributed by atoms with Gasteiger partial charge >= 0.3 is 0 Å². The number of pyridine rings is 1. The molecule has 3 rings (SSSR count). The van der Waals surface area contributed by atoms with E-state index in [1.807, 2.05) is 0 Å². The van der Waals surface area contributed by atoms with Crippen molar-refractivity contribution in [3.8, 4) is 0 Å². The van der Waals surface area contributed by atoms with Gasteiger partial charge in [-0.1, -0.05) is 13.0 Å². The number of benzene rings is 1. The number of sulfonamides is 1. The molecule has 0 radical (unpaired) electrons. The van der Waals surface area contributed by atoms with E-state index in [2.05, 4.69) is 10.0 Å². The molecule has 0 bridgehead atoms. The smallest absolute Gasteiger partial charge is 0.255 e. The molecule has 0 unspecified atom stereocenters. The van der Waals surface area contributed by atoms with Crippen LogP contribution in [0.3, 0.4) is 0 Å². The zero-order valence-corrected chi connectivity index (χ0v) is 17.6. The lowest BCUT2D eigenvalue weighted by Gasteiger charge is -2.22. The van der Waals surface area contributed by atoms with Gasteiger partial charge in [-0.2, -0.15) is 0 Å². The third kappa shape index (κ3) is 4.02. The molecule has 7 nitrogen and oxygen atoms in total. The lowest BCUT2D eigenvalue weighted by Crippen LogP contribution is -2.32. The summed E-state index contributed by atoms with van der Waals surface area (Å²) >= 11 is 0. The topological polar surface area (TPSA) is 100 Å². The van der Waals surface area contributed by atoms with E-state index in [4.69, 9.17) is 0 Å². The highest BCUT2D eigenvalue weighted by Gasteiger charge is 2.54. The number of nitrogens with one attached hydrogen (secondary N) is 2. The molecule has 1 aromatic carbocycles. The predicted molar refractivity (Wildman–Crippen MR) is 112 cm³/mol. The van der Waals surface area contributed by atoms with Crippen LogP contribution in [0.5, 0.6) is 0 Å². The fraction of sp³-hybridized carbons (Fsp3) is 0.450. The normalized spacial score (nSPS) is 15.2. The van der Waals surface area contributed by atoms with Gasteiger partial charge in [0.05, 0.1) is 16.1 Å². The fourth-order valence-electron chi connectivity index (χ4n) is 3.38. The van der Waals surface area contributed by atoms with E-state index in [1.54, 1.807) is 19.9 Å². The van der Waals surface area contributed by atoms with Crippen LogP contribution in [0.2, 0.25) is 0 Å². The van der Waals surface area contributed by atoms with Crippen LogP contribution in [0, 0.1) is 12.7 Å². The summed E-state index contributed by atoms with van der Waals surface area (Å²) in [6.07, 6.45) is 1.49. The molecule has 0 amide bonds. The first-order chi connectivity index (χ1) is 13.6. The number of rotatable bonds is 8. The third-order valence-corrected chi connectivity index (χ3v) is 7.68. The molecule has 0 aliphatic heterocycles. The van der Waals surface area contributed by atoms with Gasteiger partial charge in [0.15, 0.2) is 0 Å². The molecule has 1 saturated carbocycles. The number of aliphatic hydroxyl groups is 1. The molecule has 3 N–H and O–H groups in total. The Kier molecular flexibility index (Phi) is 5.73. The van der Waals surface area contributed by atoms with Gasteiger partial charge in [-0.25, -0.2) is 12.8 Å². The van der Waals surface area contributed by atoms with E-state index in [1.165, 1.54) is 29.8 Å². The van der Waals surface area contributed by atoms with Crippen molar-refractivity contribution in [1.29, 1.82) is 0 Å². The molecular weight excluding hydrogens is 397 g/mol. The molecular formula is C20H26FN3O4S. The SMILES string of the molecule is CCc1cc(NS(=O)(=O)C2(CCO)CC2)c(Nc2ccc(C)cc2F)n(C)c1=O. The van der Waals surface area contributed by atoms with Gasteiger partial charge in [0.1, 0.15) is 11.6 Å². The van der Waals surface area contributed by atoms with Gasteiger partial charge in [-0.05, 0) is 56.4 Å². The van der Waals surface area contributed by atoms with Gasteiger partial charge in [-0.3, -0.25) is 14.1 Å². The Morgan fingerprint density at radius 3 is 2.48 bits per heavy atom. The quantitative estimate of drug-likeness (QED) is 0.606. The van der Waals surface area contributed by atoms with Crippen molar-refractivity contribution in [1.82, 2.24) is 4.57 Å². The first-order valence-electron chi connectivity index (χ1n) is 9.53. The molecule has 158 valence electrons. The number of nitrogens with zero attached hydrogens (tertiary/aromatic N) is 1. The van der Waals surface area contributed by atoms with E-state index in [-0.39, 0.29) is 35.8 Å². The number of aliphatic hydroxyl groups excluding tert-OH is 1. The first-order valence-corrected chi connectivity index (χ1v) is 11.0. The lowest BCUT2D eigenvalue weighted by molar-refractivity contribution is 0.283. The minimum Gasteiger partial charge on any atom is -0.396 e. The maximum absolute atomic E-state index is 14.4. The van der Waals surface area contributed by atoms with Crippen LogP contribution in [0.4, 0.5) is 21.6 Å². The van der Waals surface area contributed by atoms with E-state index in [0.29, 0.717) is 24.8 Å². The first kappa shape index (κ1) is 21.3. The monoisotopic (exact) mass is 423 g/mol. The summed E-state index contributed by atoms with van der Waals surface area (Å²) in [7, 11) is -2.30.